The number of likely N-dealkylation sites (tertiary alicyclic amines) is 1. The van der Waals surface area contributed by atoms with Gasteiger partial charge in [0.1, 0.15) is 5.76 Å². The van der Waals surface area contributed by atoms with Crippen molar-refractivity contribution in [3.63, 3.8) is 0 Å². The number of carboxylic acids is 1. The van der Waals surface area contributed by atoms with Crippen LogP contribution in [0.4, 0.5) is 18.9 Å². The van der Waals surface area contributed by atoms with Crippen LogP contribution in [0.2, 0.25) is 0 Å². The molecule has 1 amide bonds. The summed E-state index contributed by atoms with van der Waals surface area (Å²) in [6.07, 6.45) is -3.36. The van der Waals surface area contributed by atoms with Crippen LogP contribution in [0.5, 0.6) is 0 Å². The molecule has 2 fully saturated rings. The number of aliphatic carboxylic acids is 1. The van der Waals surface area contributed by atoms with Crippen LogP contribution < -0.4 is 4.90 Å². The number of alkyl halides is 3. The summed E-state index contributed by atoms with van der Waals surface area (Å²) in [5.41, 5.74) is 4.47. The van der Waals surface area contributed by atoms with Crippen molar-refractivity contribution in [1.82, 2.24) is 10.1 Å². The number of aryl methyl sites for hydroxylation is 3. The van der Waals surface area contributed by atoms with E-state index in [-0.39, 0.29) is 11.3 Å². The molecule has 0 aliphatic carbocycles. The minimum Gasteiger partial charge on any atom is -0.475 e. The molecule has 1 aromatic heterocycles. The van der Waals surface area contributed by atoms with E-state index >= 15 is 0 Å². The molecule has 0 bridgehead atoms. The molecular weight excluding hydrogens is 427 g/mol. The number of amides is 1. The summed E-state index contributed by atoms with van der Waals surface area (Å²) in [4.78, 5) is 26.0. The van der Waals surface area contributed by atoms with Gasteiger partial charge in [-0.25, -0.2) is 4.79 Å². The number of hydrogen-bond acceptors (Lipinski definition) is 5. The number of hydrogen-bond donors (Lipinski definition) is 1. The Morgan fingerprint density at radius 1 is 1.25 bits per heavy atom. The van der Waals surface area contributed by atoms with E-state index in [0.717, 1.165) is 49.7 Å². The Hall–Kier alpha value is -2.88. The van der Waals surface area contributed by atoms with Crippen molar-refractivity contribution >= 4 is 17.6 Å². The highest BCUT2D eigenvalue weighted by atomic mass is 19.4. The molecule has 7 nitrogen and oxygen atoms in total. The fourth-order valence-corrected chi connectivity index (χ4v) is 4.31. The lowest BCUT2D eigenvalue weighted by atomic mass is 9.86. The molecule has 1 N–H and O–H groups in total. The zero-order valence-corrected chi connectivity index (χ0v) is 18.2. The number of carbonyl (C=O) groups excluding carboxylic acids is 1. The first-order chi connectivity index (χ1) is 14.9. The van der Waals surface area contributed by atoms with Crippen molar-refractivity contribution in [1.29, 1.82) is 0 Å². The standard InChI is InChI=1S/C20H25N3O2.C2HF3O2/c1-14-5-4-6-17(9-14)23-13-20(10-19(23)24)7-8-22(12-20)11-18-15(2)21-25-16(18)3;3-2(4,5)1(6)7/h4-6,9H,7-8,10-13H2,1-3H3;(H,6,7). The Morgan fingerprint density at radius 3 is 2.50 bits per heavy atom. The SMILES string of the molecule is Cc1cccc(N2CC3(CCN(Cc4c(C)noc4C)C3)CC2=O)c1.O=C(O)C(F)(F)F. The largest absolute Gasteiger partial charge is 0.490 e. The molecule has 1 atom stereocenters. The highest BCUT2D eigenvalue weighted by molar-refractivity contribution is 5.96. The molecule has 0 saturated carbocycles. The lowest BCUT2D eigenvalue weighted by Crippen LogP contribution is -2.31. The number of halogens is 3. The van der Waals surface area contributed by atoms with Gasteiger partial charge < -0.3 is 14.5 Å². The molecule has 2 saturated heterocycles. The Morgan fingerprint density at radius 2 is 1.94 bits per heavy atom. The number of carbonyl (C=O) groups is 2. The lowest BCUT2D eigenvalue weighted by Gasteiger charge is -2.24. The van der Waals surface area contributed by atoms with E-state index in [0.29, 0.717) is 6.42 Å². The number of aromatic nitrogens is 1. The van der Waals surface area contributed by atoms with Crippen LogP contribution in [0.25, 0.3) is 0 Å². The van der Waals surface area contributed by atoms with Crippen molar-refractivity contribution in [3.05, 3.63) is 46.8 Å². The quantitative estimate of drug-likeness (QED) is 0.760. The van der Waals surface area contributed by atoms with Gasteiger partial charge in [-0.15, -0.1) is 0 Å². The molecule has 3 heterocycles. The zero-order chi connectivity index (χ0) is 23.7. The molecule has 32 heavy (non-hydrogen) atoms. The van der Waals surface area contributed by atoms with Crippen LogP contribution in [0.3, 0.4) is 0 Å². The minimum absolute atomic E-state index is 0.0831. The predicted molar refractivity (Wildman–Crippen MR) is 110 cm³/mol. The molecule has 174 valence electrons. The Labute approximate surface area is 183 Å². The molecule has 2 aromatic rings. The van der Waals surface area contributed by atoms with Gasteiger partial charge in [-0.2, -0.15) is 13.2 Å². The Bertz CT molecular complexity index is 985. The highest BCUT2D eigenvalue weighted by Gasteiger charge is 2.47. The van der Waals surface area contributed by atoms with Gasteiger partial charge in [0.25, 0.3) is 0 Å². The molecule has 1 spiro atoms. The van der Waals surface area contributed by atoms with Crippen molar-refractivity contribution in [2.75, 3.05) is 24.5 Å². The molecule has 1 unspecified atom stereocenters. The molecule has 0 radical (unpaired) electrons. The van der Waals surface area contributed by atoms with Gasteiger partial charge in [0.05, 0.1) is 5.69 Å². The second-order valence-corrected chi connectivity index (χ2v) is 8.56. The third-order valence-electron chi connectivity index (χ3n) is 5.96. The third kappa shape index (κ3) is 5.29. The van der Waals surface area contributed by atoms with E-state index in [1.807, 2.05) is 30.9 Å². The smallest absolute Gasteiger partial charge is 0.475 e. The Balaban J connectivity index is 0.000000360. The topological polar surface area (TPSA) is 86.9 Å². The zero-order valence-electron chi connectivity index (χ0n) is 18.2. The number of anilines is 1. The summed E-state index contributed by atoms with van der Waals surface area (Å²) >= 11 is 0. The van der Waals surface area contributed by atoms with Crippen LogP contribution in [0, 0.1) is 26.2 Å². The number of nitrogens with zero attached hydrogens (tertiary/aromatic N) is 3. The molecule has 10 heteroatoms. The second-order valence-electron chi connectivity index (χ2n) is 8.56. The number of carboxylic acid groups (broad SMARTS) is 1. The lowest BCUT2D eigenvalue weighted by molar-refractivity contribution is -0.192. The maximum absolute atomic E-state index is 12.7. The first-order valence-corrected chi connectivity index (χ1v) is 10.2. The van der Waals surface area contributed by atoms with Crippen molar-refractivity contribution in [2.24, 2.45) is 5.41 Å². The maximum Gasteiger partial charge on any atom is 0.490 e. The van der Waals surface area contributed by atoms with E-state index in [1.54, 1.807) is 0 Å². The van der Waals surface area contributed by atoms with E-state index in [9.17, 15) is 18.0 Å². The van der Waals surface area contributed by atoms with E-state index in [4.69, 9.17) is 14.4 Å². The maximum atomic E-state index is 12.7. The second kappa shape index (κ2) is 8.93. The van der Waals surface area contributed by atoms with Crippen molar-refractivity contribution in [2.45, 2.75) is 46.3 Å². The van der Waals surface area contributed by atoms with E-state index in [1.165, 1.54) is 11.1 Å². The van der Waals surface area contributed by atoms with Crippen molar-refractivity contribution in [3.8, 4) is 0 Å². The summed E-state index contributed by atoms with van der Waals surface area (Å²) in [5.74, 6) is -1.60. The molecule has 4 rings (SSSR count). The molecule has 1 aromatic carbocycles. The van der Waals surface area contributed by atoms with Crippen LogP contribution in [-0.2, 0) is 16.1 Å². The fraction of sp³-hybridized carbons (Fsp3) is 0.500. The number of benzene rings is 1. The average Bonchev–Trinajstić information content (AvgIpc) is 3.35. The van der Waals surface area contributed by atoms with Gasteiger partial charge in [0.2, 0.25) is 5.91 Å². The van der Waals surface area contributed by atoms with Gasteiger partial charge in [0, 0.05) is 42.7 Å². The molecular formula is C22H26F3N3O4. The van der Waals surface area contributed by atoms with E-state index < -0.39 is 12.1 Å². The van der Waals surface area contributed by atoms with Crippen LogP contribution >= 0.6 is 0 Å². The first kappa shape index (κ1) is 23.8. The Kier molecular flexibility index (Phi) is 6.64. The van der Waals surface area contributed by atoms with Gasteiger partial charge in [0.15, 0.2) is 0 Å². The van der Waals surface area contributed by atoms with Gasteiger partial charge in [-0.1, -0.05) is 17.3 Å². The minimum atomic E-state index is -5.08. The van der Waals surface area contributed by atoms with E-state index in [2.05, 4.69) is 29.1 Å². The molecule has 2 aliphatic heterocycles. The highest BCUT2D eigenvalue weighted by Crippen LogP contribution is 2.42. The summed E-state index contributed by atoms with van der Waals surface area (Å²) in [6.45, 7) is 9.72. The van der Waals surface area contributed by atoms with Crippen LogP contribution in [0.1, 0.15) is 35.4 Å². The third-order valence-corrected chi connectivity index (χ3v) is 5.96. The van der Waals surface area contributed by atoms with Crippen molar-refractivity contribution < 1.29 is 32.4 Å². The van der Waals surface area contributed by atoms with Gasteiger partial charge in [-0.3, -0.25) is 9.69 Å². The normalized spacial score (nSPS) is 21.2. The molecule has 2 aliphatic rings. The van der Waals surface area contributed by atoms with Gasteiger partial charge >= 0.3 is 12.1 Å². The van der Waals surface area contributed by atoms with Gasteiger partial charge in [-0.05, 0) is 51.4 Å². The van der Waals surface area contributed by atoms with Crippen LogP contribution in [0.15, 0.2) is 28.8 Å². The monoisotopic (exact) mass is 453 g/mol. The summed E-state index contributed by atoms with van der Waals surface area (Å²) in [5, 5.41) is 11.2. The summed E-state index contributed by atoms with van der Waals surface area (Å²) < 4.78 is 37.0. The summed E-state index contributed by atoms with van der Waals surface area (Å²) in [7, 11) is 0. The first-order valence-electron chi connectivity index (χ1n) is 10.2. The summed E-state index contributed by atoms with van der Waals surface area (Å²) in [6, 6.07) is 8.25. The average molecular weight is 453 g/mol. The number of rotatable bonds is 3. The van der Waals surface area contributed by atoms with Crippen LogP contribution in [-0.4, -0.2) is 52.9 Å². The predicted octanol–water partition coefficient (Wildman–Crippen LogP) is 3.86. The fourth-order valence-electron chi connectivity index (χ4n) is 4.31.